The summed E-state index contributed by atoms with van der Waals surface area (Å²) in [4.78, 5) is 22.7. The first-order chi connectivity index (χ1) is 15.6. The summed E-state index contributed by atoms with van der Waals surface area (Å²) in [7, 11) is 3.27. The van der Waals surface area contributed by atoms with E-state index in [4.69, 9.17) is 14.5 Å². The van der Waals surface area contributed by atoms with E-state index in [-0.39, 0.29) is 5.91 Å². The summed E-state index contributed by atoms with van der Waals surface area (Å²) in [5.41, 5.74) is 4.26. The van der Waals surface area contributed by atoms with E-state index in [1.54, 1.807) is 19.1 Å². The average molecular weight is 452 g/mol. The molecule has 168 valence electrons. The smallest absolute Gasteiger partial charge is 0.266 e. The van der Waals surface area contributed by atoms with Gasteiger partial charge in [0.25, 0.3) is 5.91 Å². The van der Waals surface area contributed by atoms with Crippen LogP contribution in [0.5, 0.6) is 5.75 Å². The number of thioether (sulfide) groups is 1. The van der Waals surface area contributed by atoms with E-state index < -0.39 is 0 Å². The summed E-state index contributed by atoms with van der Waals surface area (Å²) in [6.07, 6.45) is 4.49. The minimum Gasteiger partial charge on any atom is -0.497 e. The number of amides is 1. The highest BCUT2D eigenvalue weighted by molar-refractivity contribution is 8.18. The molecule has 0 bridgehead atoms. The lowest BCUT2D eigenvalue weighted by Crippen LogP contribution is -2.32. The summed E-state index contributed by atoms with van der Waals surface area (Å²) >= 11 is 1.41. The second-order valence-electron chi connectivity index (χ2n) is 7.89. The topological polar surface area (TPSA) is 54.4 Å². The zero-order valence-corrected chi connectivity index (χ0v) is 19.7. The van der Waals surface area contributed by atoms with Crippen molar-refractivity contribution in [2.45, 2.75) is 19.8 Å². The van der Waals surface area contributed by atoms with E-state index in [0.29, 0.717) is 23.2 Å². The first-order valence-electron chi connectivity index (χ1n) is 10.9. The van der Waals surface area contributed by atoms with Gasteiger partial charge >= 0.3 is 0 Å². The average Bonchev–Trinajstić information content (AvgIpc) is 3.44. The van der Waals surface area contributed by atoms with Crippen LogP contribution in [-0.4, -0.2) is 56.4 Å². The van der Waals surface area contributed by atoms with Gasteiger partial charge in [-0.3, -0.25) is 9.69 Å². The molecule has 2 aliphatic rings. The van der Waals surface area contributed by atoms with Gasteiger partial charge in [-0.15, -0.1) is 0 Å². The van der Waals surface area contributed by atoms with E-state index in [9.17, 15) is 4.79 Å². The molecule has 2 aromatic rings. The minimum atomic E-state index is -0.0395. The van der Waals surface area contributed by atoms with Gasteiger partial charge in [-0.05, 0) is 85.1 Å². The molecule has 2 saturated heterocycles. The minimum absolute atomic E-state index is 0.0395. The Morgan fingerprint density at radius 2 is 1.84 bits per heavy atom. The van der Waals surface area contributed by atoms with Crippen LogP contribution in [0.2, 0.25) is 0 Å². The lowest BCUT2D eigenvalue weighted by atomic mass is 10.1. The number of benzene rings is 2. The predicted octanol–water partition coefficient (Wildman–Crippen LogP) is 4.85. The number of carbonyl (C=O) groups is 1. The van der Waals surface area contributed by atoms with Crippen LogP contribution in [0.4, 0.5) is 11.4 Å². The number of hydrogen-bond donors (Lipinski definition) is 0. The maximum Gasteiger partial charge on any atom is 0.266 e. The Morgan fingerprint density at radius 3 is 2.50 bits per heavy atom. The van der Waals surface area contributed by atoms with Crippen molar-refractivity contribution >= 4 is 40.3 Å². The van der Waals surface area contributed by atoms with E-state index in [2.05, 4.69) is 30.0 Å². The van der Waals surface area contributed by atoms with Crippen molar-refractivity contribution in [2.75, 3.05) is 45.4 Å². The van der Waals surface area contributed by atoms with Gasteiger partial charge in [-0.2, -0.15) is 0 Å². The van der Waals surface area contributed by atoms with Gasteiger partial charge in [0.1, 0.15) is 5.75 Å². The van der Waals surface area contributed by atoms with Crippen molar-refractivity contribution in [1.82, 2.24) is 4.90 Å². The Balaban J connectivity index is 1.60. The normalized spacial score (nSPS) is 18.9. The molecule has 0 N–H and O–H groups in total. The van der Waals surface area contributed by atoms with Crippen LogP contribution < -0.4 is 9.64 Å². The fourth-order valence-electron chi connectivity index (χ4n) is 3.87. The third-order valence-corrected chi connectivity index (χ3v) is 6.72. The summed E-state index contributed by atoms with van der Waals surface area (Å²) < 4.78 is 10.4. The first-order valence-corrected chi connectivity index (χ1v) is 11.7. The van der Waals surface area contributed by atoms with Gasteiger partial charge in [0.2, 0.25) is 0 Å². The van der Waals surface area contributed by atoms with Crippen molar-refractivity contribution in [3.8, 4) is 5.75 Å². The van der Waals surface area contributed by atoms with Crippen LogP contribution in [0.25, 0.3) is 6.08 Å². The largest absolute Gasteiger partial charge is 0.497 e. The van der Waals surface area contributed by atoms with Crippen LogP contribution in [0, 0.1) is 6.92 Å². The van der Waals surface area contributed by atoms with Crippen LogP contribution >= 0.6 is 11.8 Å². The van der Waals surface area contributed by atoms with E-state index in [1.165, 1.54) is 35.9 Å². The molecule has 0 saturated carbocycles. The number of carbonyl (C=O) groups excluding carboxylic acids is 1. The molecule has 2 heterocycles. The van der Waals surface area contributed by atoms with Crippen molar-refractivity contribution < 1.29 is 14.3 Å². The van der Waals surface area contributed by atoms with Crippen molar-refractivity contribution in [3.63, 3.8) is 0 Å². The van der Waals surface area contributed by atoms with E-state index >= 15 is 0 Å². The molecule has 2 aliphatic heterocycles. The number of ether oxygens (including phenoxy) is 2. The lowest BCUT2D eigenvalue weighted by Gasteiger charge is -2.18. The molecule has 0 radical (unpaired) electrons. The van der Waals surface area contributed by atoms with Crippen LogP contribution in [-0.2, 0) is 9.53 Å². The molecule has 32 heavy (non-hydrogen) atoms. The summed E-state index contributed by atoms with van der Waals surface area (Å²) in [5, 5.41) is 0.662. The molecule has 0 unspecified atom stereocenters. The first kappa shape index (κ1) is 22.4. The standard InChI is InChI=1S/C25H29N3O3S/c1-18-16-21(27-12-4-5-13-27)9-6-19(18)17-23-24(29)28(14-15-30-2)25(32-23)26-20-7-10-22(31-3)11-8-20/h6-11,16-17H,4-5,12-15H2,1-3H3/b23-17-,26-25?. The molecular formula is C25H29N3O3S. The number of aliphatic imine (C=N–C) groups is 1. The Hall–Kier alpha value is -2.77. The van der Waals surface area contributed by atoms with Gasteiger partial charge in [-0.1, -0.05) is 6.07 Å². The van der Waals surface area contributed by atoms with Gasteiger partial charge in [-0.25, -0.2) is 4.99 Å². The van der Waals surface area contributed by atoms with Crippen molar-refractivity contribution in [1.29, 1.82) is 0 Å². The molecule has 2 fully saturated rings. The van der Waals surface area contributed by atoms with E-state index in [1.807, 2.05) is 30.3 Å². The molecule has 7 heteroatoms. The van der Waals surface area contributed by atoms with Gasteiger partial charge < -0.3 is 14.4 Å². The Labute approximate surface area is 193 Å². The van der Waals surface area contributed by atoms with Crippen molar-refractivity contribution in [3.05, 3.63) is 58.5 Å². The van der Waals surface area contributed by atoms with E-state index in [0.717, 1.165) is 30.1 Å². The highest BCUT2D eigenvalue weighted by Crippen LogP contribution is 2.35. The second kappa shape index (κ2) is 10.2. The predicted molar refractivity (Wildman–Crippen MR) is 132 cm³/mol. The fourth-order valence-corrected chi connectivity index (χ4v) is 4.89. The molecule has 4 rings (SSSR count). The van der Waals surface area contributed by atoms with Gasteiger partial charge in [0.15, 0.2) is 5.17 Å². The van der Waals surface area contributed by atoms with Gasteiger partial charge in [0.05, 0.1) is 30.9 Å². The van der Waals surface area contributed by atoms with Crippen LogP contribution in [0.1, 0.15) is 24.0 Å². The number of anilines is 1. The monoisotopic (exact) mass is 451 g/mol. The summed E-state index contributed by atoms with van der Waals surface area (Å²) in [6, 6.07) is 14.0. The lowest BCUT2D eigenvalue weighted by molar-refractivity contribution is -0.122. The quantitative estimate of drug-likeness (QED) is 0.563. The fraction of sp³-hybridized carbons (Fsp3) is 0.360. The highest BCUT2D eigenvalue weighted by Gasteiger charge is 2.33. The Bertz CT molecular complexity index is 1030. The molecule has 0 aliphatic carbocycles. The maximum atomic E-state index is 13.2. The Morgan fingerprint density at radius 1 is 1.09 bits per heavy atom. The number of amidine groups is 1. The number of aryl methyl sites for hydroxylation is 1. The maximum absolute atomic E-state index is 13.2. The van der Waals surface area contributed by atoms with Gasteiger partial charge in [0, 0.05) is 25.9 Å². The highest BCUT2D eigenvalue weighted by atomic mass is 32.2. The van der Waals surface area contributed by atoms with Crippen LogP contribution in [0.15, 0.2) is 52.4 Å². The SMILES string of the molecule is COCCN1C(=O)/C(=C/c2ccc(N3CCCC3)cc2C)SC1=Nc1ccc(OC)cc1. The number of nitrogens with zero attached hydrogens (tertiary/aromatic N) is 3. The molecule has 0 spiro atoms. The zero-order chi connectivity index (χ0) is 22.5. The third-order valence-electron chi connectivity index (χ3n) is 5.72. The molecule has 2 aromatic carbocycles. The molecule has 0 aromatic heterocycles. The summed E-state index contributed by atoms with van der Waals surface area (Å²) in [5.74, 6) is 0.733. The molecule has 1 amide bonds. The number of methoxy groups -OCH3 is 2. The molecule has 0 atom stereocenters. The Kier molecular flexibility index (Phi) is 7.17. The number of rotatable bonds is 7. The van der Waals surface area contributed by atoms with Crippen LogP contribution in [0.3, 0.4) is 0 Å². The number of hydrogen-bond acceptors (Lipinski definition) is 6. The molecule has 6 nitrogen and oxygen atoms in total. The van der Waals surface area contributed by atoms with Crippen molar-refractivity contribution in [2.24, 2.45) is 4.99 Å². The third kappa shape index (κ3) is 5.00. The second-order valence-corrected chi connectivity index (χ2v) is 8.90. The zero-order valence-electron chi connectivity index (χ0n) is 18.8. The summed E-state index contributed by atoms with van der Waals surface area (Å²) in [6.45, 7) is 5.25. The molecular weight excluding hydrogens is 422 g/mol.